The van der Waals surface area contributed by atoms with Crippen LogP contribution in [-0.4, -0.2) is 52.0 Å². The number of rotatable bonds is 8. The highest BCUT2D eigenvalue weighted by Gasteiger charge is 2.32. The van der Waals surface area contributed by atoms with Gasteiger partial charge in [-0.15, -0.1) is 5.53 Å². The summed E-state index contributed by atoms with van der Waals surface area (Å²) in [5, 5.41) is 20.1. The molecule has 2 fully saturated rings. The Morgan fingerprint density at radius 3 is 2.54 bits per heavy atom. The molecule has 4 heterocycles. The first-order valence-electron chi connectivity index (χ1n) is 17.7. The van der Waals surface area contributed by atoms with Crippen LogP contribution in [0.15, 0.2) is 72.7 Å². The molecule has 13 heteroatoms. The predicted octanol–water partition coefficient (Wildman–Crippen LogP) is 8.40. The van der Waals surface area contributed by atoms with E-state index >= 15 is 0 Å². The molecular weight excluding hydrogens is 700 g/mol. The van der Waals surface area contributed by atoms with Crippen LogP contribution in [-0.2, 0) is 4.79 Å². The summed E-state index contributed by atoms with van der Waals surface area (Å²) in [7, 11) is 0. The summed E-state index contributed by atoms with van der Waals surface area (Å²) in [6.45, 7) is 9.49. The molecule has 0 saturated carbocycles. The van der Waals surface area contributed by atoms with E-state index in [1.54, 1.807) is 6.07 Å². The van der Waals surface area contributed by atoms with Gasteiger partial charge in [-0.05, 0) is 94.5 Å². The van der Waals surface area contributed by atoms with Crippen molar-refractivity contribution in [3.63, 3.8) is 0 Å². The number of piperidine rings is 2. The van der Waals surface area contributed by atoms with Crippen LogP contribution < -0.4 is 26.5 Å². The number of aromatic nitrogens is 1. The van der Waals surface area contributed by atoms with Gasteiger partial charge in [-0.3, -0.25) is 19.7 Å². The molecule has 4 N–H and O–H groups in total. The molecule has 0 radical (unpaired) electrons. The normalized spacial score (nSPS) is 17.9. The molecule has 7 rings (SSSR count). The maximum Gasteiger partial charge on any atom is 0.226 e. The quantitative estimate of drug-likeness (QED) is 0.142. The number of halogens is 3. The van der Waals surface area contributed by atoms with Crippen molar-refractivity contribution in [1.29, 1.82) is 5.26 Å². The minimum atomic E-state index is -0.542. The lowest BCUT2D eigenvalue weighted by Gasteiger charge is -2.42. The number of amides is 1. The molecule has 0 unspecified atom stereocenters. The standard InChI is InChI=1S/C39H42Cl2FN9O/c1-39(2,3)49-15-12-28(13-16-49)51-23-34(47-48-51)37(24-7-6-8-29(17-24)50-14-5-4-9-35(50)52)46-27-18-30-36(45-26-10-11-33(42)31(40)19-26)25(21-43)22-44-38(30)32(41)20-27/h6-8,10-11,17-20,22-23,28,37,46-48H,4-5,9,12-16H2,1-3H3,(H,44,45)/t37-/m0/s1. The topological polar surface area (TPSA) is 112 Å². The van der Waals surface area contributed by atoms with Crippen LogP contribution in [0, 0.1) is 17.1 Å². The fourth-order valence-electron chi connectivity index (χ4n) is 7.24. The zero-order valence-corrected chi connectivity index (χ0v) is 31.0. The van der Waals surface area contributed by atoms with Gasteiger partial charge in [0.15, 0.2) is 0 Å². The van der Waals surface area contributed by atoms with E-state index in [-0.39, 0.29) is 28.1 Å². The second-order valence-corrected chi connectivity index (χ2v) is 15.4. The molecule has 0 aliphatic carbocycles. The van der Waals surface area contributed by atoms with E-state index in [0.717, 1.165) is 55.7 Å². The predicted molar refractivity (Wildman–Crippen MR) is 206 cm³/mol. The van der Waals surface area contributed by atoms with E-state index in [2.05, 4.69) is 75.6 Å². The number of hydrogen-bond donors (Lipinski definition) is 4. The highest BCUT2D eigenvalue weighted by Crippen LogP contribution is 2.38. The summed E-state index contributed by atoms with van der Waals surface area (Å²) in [5.41, 5.74) is 12.1. The van der Waals surface area contributed by atoms with Crippen LogP contribution in [0.2, 0.25) is 10.0 Å². The van der Waals surface area contributed by atoms with Crippen LogP contribution in [0.25, 0.3) is 10.9 Å². The summed E-state index contributed by atoms with van der Waals surface area (Å²) in [4.78, 5) is 21.8. The van der Waals surface area contributed by atoms with Crippen LogP contribution >= 0.6 is 23.2 Å². The van der Waals surface area contributed by atoms with Crippen LogP contribution in [0.5, 0.6) is 0 Å². The largest absolute Gasteiger partial charge is 0.373 e. The second kappa shape index (κ2) is 14.8. The van der Waals surface area contributed by atoms with Crippen molar-refractivity contribution < 1.29 is 9.18 Å². The number of anilines is 4. The minimum absolute atomic E-state index is 0.0432. The Morgan fingerprint density at radius 2 is 1.81 bits per heavy atom. The van der Waals surface area contributed by atoms with Crippen molar-refractivity contribution in [2.24, 2.45) is 0 Å². The van der Waals surface area contributed by atoms with Gasteiger partial charge in [0.1, 0.15) is 11.9 Å². The molecule has 3 aromatic carbocycles. The lowest BCUT2D eigenvalue weighted by atomic mass is 9.97. The molecule has 3 aliphatic rings. The third-order valence-corrected chi connectivity index (χ3v) is 10.7. The minimum Gasteiger partial charge on any atom is -0.373 e. The SMILES string of the molecule is CC(C)(C)N1CCC(N2C=C([C@@H](Nc3cc(Cl)c4ncc(C#N)c(Nc5ccc(F)c(Cl)c5)c4c3)c3cccc(N4CCCCC4=O)c3)NN2)CC1. The number of carbonyl (C=O) groups excluding carboxylic acids is 1. The number of nitrogens with one attached hydrogen (secondary N) is 4. The fraction of sp³-hybridized carbons (Fsp3) is 0.359. The molecule has 2 saturated heterocycles. The maximum absolute atomic E-state index is 14.0. The van der Waals surface area contributed by atoms with Gasteiger partial charge in [0.2, 0.25) is 5.91 Å². The summed E-state index contributed by atoms with van der Waals surface area (Å²) < 4.78 is 14.0. The van der Waals surface area contributed by atoms with Crippen molar-refractivity contribution >= 4 is 62.8 Å². The van der Waals surface area contributed by atoms with Crippen molar-refractivity contribution in [3.05, 3.63) is 99.7 Å². The molecule has 270 valence electrons. The smallest absolute Gasteiger partial charge is 0.226 e. The second-order valence-electron chi connectivity index (χ2n) is 14.6. The molecule has 10 nitrogen and oxygen atoms in total. The average molecular weight is 743 g/mol. The Bertz CT molecular complexity index is 2070. The van der Waals surface area contributed by atoms with Crippen LogP contribution in [0.4, 0.5) is 27.1 Å². The van der Waals surface area contributed by atoms with Crippen molar-refractivity contribution in [2.75, 3.05) is 35.2 Å². The van der Waals surface area contributed by atoms with E-state index < -0.39 is 5.82 Å². The Morgan fingerprint density at radius 1 is 1.02 bits per heavy atom. The summed E-state index contributed by atoms with van der Waals surface area (Å²) in [6.07, 6.45) is 8.03. The van der Waals surface area contributed by atoms with Crippen LogP contribution in [0.1, 0.15) is 70.0 Å². The van der Waals surface area contributed by atoms with Gasteiger partial charge in [-0.25, -0.2) is 4.39 Å². The number of likely N-dealkylation sites (tertiary alicyclic amines) is 1. The third kappa shape index (κ3) is 7.48. The molecule has 52 heavy (non-hydrogen) atoms. The van der Waals surface area contributed by atoms with Gasteiger partial charge >= 0.3 is 0 Å². The Kier molecular flexibility index (Phi) is 10.2. The van der Waals surface area contributed by atoms with Gasteiger partial charge in [-0.1, -0.05) is 35.3 Å². The Labute approximate surface area is 313 Å². The van der Waals surface area contributed by atoms with Gasteiger partial charge in [0, 0.05) is 72.5 Å². The first-order valence-corrected chi connectivity index (χ1v) is 18.4. The van der Waals surface area contributed by atoms with Crippen molar-refractivity contribution in [3.8, 4) is 6.07 Å². The highest BCUT2D eigenvalue weighted by molar-refractivity contribution is 6.36. The molecule has 1 amide bonds. The third-order valence-electron chi connectivity index (χ3n) is 10.1. The Balaban J connectivity index is 1.26. The summed E-state index contributed by atoms with van der Waals surface area (Å²) >= 11 is 13.0. The fourth-order valence-corrected chi connectivity index (χ4v) is 7.69. The maximum atomic E-state index is 14.0. The molecule has 1 aromatic heterocycles. The number of carbonyl (C=O) groups is 1. The summed E-state index contributed by atoms with van der Waals surface area (Å²) in [5.74, 6) is -0.412. The number of nitrogens with zero attached hydrogens (tertiary/aromatic N) is 5. The highest BCUT2D eigenvalue weighted by atomic mass is 35.5. The zero-order chi connectivity index (χ0) is 36.6. The first kappa shape index (κ1) is 35.8. The monoisotopic (exact) mass is 741 g/mol. The van der Waals surface area contributed by atoms with Gasteiger partial charge in [0.05, 0.1) is 38.6 Å². The van der Waals surface area contributed by atoms with E-state index in [4.69, 9.17) is 23.2 Å². The number of nitriles is 1. The van der Waals surface area contributed by atoms with Gasteiger partial charge in [0.25, 0.3) is 0 Å². The van der Waals surface area contributed by atoms with Crippen molar-refractivity contribution in [2.45, 2.75) is 70.5 Å². The van der Waals surface area contributed by atoms with Gasteiger partial charge in [-0.2, -0.15) is 5.26 Å². The molecule has 0 spiro atoms. The number of hydrazine groups is 2. The number of fused-ring (bicyclic) bond motifs is 1. The van der Waals surface area contributed by atoms with E-state index in [1.807, 2.05) is 35.2 Å². The van der Waals surface area contributed by atoms with E-state index in [1.165, 1.54) is 18.3 Å². The first-order chi connectivity index (χ1) is 25.0. The number of hydrogen-bond acceptors (Lipinski definition) is 9. The molecular formula is C39H42Cl2FN9O. The molecule has 3 aliphatic heterocycles. The van der Waals surface area contributed by atoms with E-state index in [9.17, 15) is 14.4 Å². The van der Waals surface area contributed by atoms with Gasteiger partial charge < -0.3 is 21.0 Å². The lowest BCUT2D eigenvalue weighted by Crippen LogP contribution is -2.52. The number of pyridine rings is 1. The lowest BCUT2D eigenvalue weighted by molar-refractivity contribution is -0.119. The molecule has 4 aromatic rings. The van der Waals surface area contributed by atoms with E-state index in [0.29, 0.717) is 52.0 Å². The molecule has 1 atom stereocenters. The average Bonchev–Trinajstić information content (AvgIpc) is 3.62. The zero-order valence-electron chi connectivity index (χ0n) is 29.4. The van der Waals surface area contributed by atoms with Crippen LogP contribution in [0.3, 0.4) is 0 Å². The number of benzene rings is 3. The Hall–Kier alpha value is -4.60. The van der Waals surface area contributed by atoms with Crippen molar-refractivity contribution in [1.82, 2.24) is 25.9 Å². The molecule has 0 bridgehead atoms. The summed E-state index contributed by atoms with van der Waals surface area (Å²) in [6, 6.07) is 18.2.